The second-order valence-electron chi connectivity index (χ2n) is 5.47. The highest BCUT2D eigenvalue weighted by atomic mass is 16.6. The number of carbonyl (C=O) groups excluding carboxylic acids is 1. The van der Waals surface area contributed by atoms with E-state index in [2.05, 4.69) is 26.1 Å². The van der Waals surface area contributed by atoms with E-state index in [0.717, 1.165) is 12.0 Å². The lowest BCUT2D eigenvalue weighted by Gasteiger charge is -2.14. The zero-order chi connectivity index (χ0) is 18.2. The van der Waals surface area contributed by atoms with Crippen LogP contribution in [-0.4, -0.2) is 26.8 Å². The van der Waals surface area contributed by atoms with Crippen molar-refractivity contribution in [1.29, 1.82) is 0 Å². The SMILES string of the molecule is CCC(C)Nc1ncnc(NNC(=O)Cc2ccccc2)c1[N+](=O)[O-]. The number of nitrogens with zero attached hydrogens (tertiary/aromatic N) is 3. The van der Waals surface area contributed by atoms with Crippen LogP contribution in [0.25, 0.3) is 0 Å². The van der Waals surface area contributed by atoms with Crippen molar-refractivity contribution in [3.63, 3.8) is 0 Å². The molecular formula is C16H20N6O3. The van der Waals surface area contributed by atoms with Gasteiger partial charge in [0.25, 0.3) is 0 Å². The Kier molecular flexibility index (Phi) is 6.21. The van der Waals surface area contributed by atoms with Gasteiger partial charge in [0.1, 0.15) is 6.33 Å². The van der Waals surface area contributed by atoms with Crippen molar-refractivity contribution in [3.05, 3.63) is 52.3 Å². The standard InChI is InChI=1S/C16H20N6O3/c1-3-11(2)19-15-14(22(24)25)16(18-10-17-15)21-20-13(23)9-12-7-5-4-6-8-12/h4-8,10-11H,3,9H2,1-2H3,(H,20,23)(H2,17,18,19,21). The number of aromatic nitrogens is 2. The predicted molar refractivity (Wildman–Crippen MR) is 94.0 cm³/mol. The molecule has 0 spiro atoms. The second kappa shape index (κ2) is 8.57. The fraction of sp³-hybridized carbons (Fsp3) is 0.312. The number of nitro groups is 1. The van der Waals surface area contributed by atoms with E-state index in [-0.39, 0.29) is 35.7 Å². The van der Waals surface area contributed by atoms with E-state index >= 15 is 0 Å². The van der Waals surface area contributed by atoms with Crippen LogP contribution in [0.15, 0.2) is 36.7 Å². The molecule has 25 heavy (non-hydrogen) atoms. The van der Waals surface area contributed by atoms with Crippen molar-refractivity contribution in [2.24, 2.45) is 0 Å². The molecule has 0 aliphatic heterocycles. The maximum absolute atomic E-state index is 12.0. The van der Waals surface area contributed by atoms with E-state index in [0.29, 0.717) is 0 Å². The maximum Gasteiger partial charge on any atom is 0.354 e. The Morgan fingerprint density at radius 2 is 1.92 bits per heavy atom. The maximum atomic E-state index is 12.0. The molecule has 0 bridgehead atoms. The minimum absolute atomic E-state index is 0.00845. The van der Waals surface area contributed by atoms with Gasteiger partial charge in [0, 0.05) is 6.04 Å². The first-order chi connectivity index (χ1) is 12.0. The van der Waals surface area contributed by atoms with Gasteiger partial charge < -0.3 is 5.32 Å². The number of benzene rings is 1. The third kappa shape index (κ3) is 5.13. The van der Waals surface area contributed by atoms with Crippen LogP contribution in [0.2, 0.25) is 0 Å². The van der Waals surface area contributed by atoms with Crippen molar-refractivity contribution < 1.29 is 9.72 Å². The summed E-state index contributed by atoms with van der Waals surface area (Å²) in [6, 6.07) is 9.17. The minimum atomic E-state index is -0.587. The lowest BCUT2D eigenvalue weighted by molar-refractivity contribution is -0.383. The van der Waals surface area contributed by atoms with Crippen LogP contribution in [0.5, 0.6) is 0 Å². The van der Waals surface area contributed by atoms with Gasteiger partial charge in [-0.3, -0.25) is 25.8 Å². The molecule has 2 aromatic rings. The molecule has 132 valence electrons. The zero-order valence-electron chi connectivity index (χ0n) is 14.0. The van der Waals surface area contributed by atoms with Crippen LogP contribution < -0.4 is 16.2 Å². The molecule has 2 rings (SSSR count). The lowest BCUT2D eigenvalue weighted by atomic mass is 10.1. The summed E-state index contributed by atoms with van der Waals surface area (Å²) in [5.74, 6) is -0.308. The molecule has 9 nitrogen and oxygen atoms in total. The number of hydrazine groups is 1. The van der Waals surface area contributed by atoms with Crippen molar-refractivity contribution in [2.45, 2.75) is 32.7 Å². The normalized spacial score (nSPS) is 11.4. The first-order valence-electron chi connectivity index (χ1n) is 7.86. The Labute approximate surface area is 145 Å². The molecule has 1 unspecified atom stereocenters. The van der Waals surface area contributed by atoms with Crippen molar-refractivity contribution in [1.82, 2.24) is 15.4 Å². The van der Waals surface area contributed by atoms with Crippen molar-refractivity contribution in [3.8, 4) is 0 Å². The number of nitrogens with one attached hydrogen (secondary N) is 3. The number of anilines is 2. The van der Waals surface area contributed by atoms with Crippen molar-refractivity contribution in [2.75, 3.05) is 10.7 Å². The van der Waals surface area contributed by atoms with Gasteiger partial charge in [-0.05, 0) is 18.9 Å². The largest absolute Gasteiger partial charge is 0.362 e. The van der Waals surface area contributed by atoms with Crippen LogP contribution >= 0.6 is 0 Å². The van der Waals surface area contributed by atoms with Crippen LogP contribution in [0.4, 0.5) is 17.3 Å². The van der Waals surface area contributed by atoms with E-state index in [9.17, 15) is 14.9 Å². The Hall–Kier alpha value is -3.23. The monoisotopic (exact) mass is 344 g/mol. The molecule has 1 atom stereocenters. The molecule has 1 aromatic heterocycles. The molecule has 0 saturated carbocycles. The van der Waals surface area contributed by atoms with Crippen molar-refractivity contribution >= 4 is 23.2 Å². The number of amides is 1. The van der Waals surface area contributed by atoms with E-state index in [1.165, 1.54) is 6.33 Å². The predicted octanol–water partition coefficient (Wildman–Crippen LogP) is 2.28. The molecular weight excluding hydrogens is 324 g/mol. The third-order valence-corrected chi connectivity index (χ3v) is 3.53. The highest BCUT2D eigenvalue weighted by Gasteiger charge is 2.24. The Bertz CT molecular complexity index is 738. The molecule has 9 heteroatoms. The zero-order valence-corrected chi connectivity index (χ0v) is 14.0. The average molecular weight is 344 g/mol. The number of hydrogen-bond donors (Lipinski definition) is 3. The fourth-order valence-electron chi connectivity index (χ4n) is 2.04. The Morgan fingerprint density at radius 3 is 2.56 bits per heavy atom. The molecule has 3 N–H and O–H groups in total. The summed E-state index contributed by atoms with van der Waals surface area (Å²) in [5, 5.41) is 14.3. The van der Waals surface area contributed by atoms with Gasteiger partial charge in [-0.2, -0.15) is 0 Å². The van der Waals surface area contributed by atoms with Crippen LogP contribution in [-0.2, 0) is 11.2 Å². The van der Waals surface area contributed by atoms with Gasteiger partial charge in [-0.25, -0.2) is 9.97 Å². The highest BCUT2D eigenvalue weighted by molar-refractivity contribution is 5.80. The van der Waals surface area contributed by atoms with Gasteiger partial charge in [0.05, 0.1) is 11.3 Å². The number of rotatable bonds is 8. The molecule has 0 fully saturated rings. The van der Waals surface area contributed by atoms with Crippen LogP contribution in [0.1, 0.15) is 25.8 Å². The quantitative estimate of drug-likeness (QED) is 0.496. The molecule has 0 saturated heterocycles. The molecule has 0 aliphatic rings. The van der Waals surface area contributed by atoms with Crippen LogP contribution in [0, 0.1) is 10.1 Å². The summed E-state index contributed by atoms with van der Waals surface area (Å²) in [7, 11) is 0. The van der Waals surface area contributed by atoms with E-state index in [4.69, 9.17) is 0 Å². The first-order valence-corrected chi connectivity index (χ1v) is 7.86. The average Bonchev–Trinajstić information content (AvgIpc) is 2.60. The number of hydrogen-bond acceptors (Lipinski definition) is 7. The fourth-order valence-corrected chi connectivity index (χ4v) is 2.04. The summed E-state index contributed by atoms with van der Waals surface area (Å²) in [6.45, 7) is 3.84. The summed E-state index contributed by atoms with van der Waals surface area (Å²) in [6.07, 6.45) is 2.12. The number of carbonyl (C=O) groups is 1. The molecule has 1 amide bonds. The summed E-state index contributed by atoms with van der Waals surface area (Å²) < 4.78 is 0. The first kappa shape index (κ1) is 18.1. The Balaban J connectivity index is 2.09. The second-order valence-corrected chi connectivity index (χ2v) is 5.47. The van der Waals surface area contributed by atoms with E-state index in [1.54, 1.807) is 0 Å². The summed E-state index contributed by atoms with van der Waals surface area (Å²) >= 11 is 0. The Morgan fingerprint density at radius 1 is 1.24 bits per heavy atom. The minimum Gasteiger partial charge on any atom is -0.362 e. The smallest absolute Gasteiger partial charge is 0.354 e. The van der Waals surface area contributed by atoms with Gasteiger partial charge in [0.2, 0.25) is 17.5 Å². The third-order valence-electron chi connectivity index (χ3n) is 3.53. The van der Waals surface area contributed by atoms with Gasteiger partial charge >= 0.3 is 5.69 Å². The van der Waals surface area contributed by atoms with Gasteiger partial charge in [-0.15, -0.1) is 0 Å². The van der Waals surface area contributed by atoms with Crippen LogP contribution in [0.3, 0.4) is 0 Å². The van der Waals surface area contributed by atoms with Gasteiger partial charge in [-0.1, -0.05) is 37.3 Å². The molecule has 1 heterocycles. The van der Waals surface area contributed by atoms with E-state index in [1.807, 2.05) is 44.2 Å². The van der Waals surface area contributed by atoms with E-state index < -0.39 is 4.92 Å². The topological polar surface area (TPSA) is 122 Å². The molecule has 0 aliphatic carbocycles. The summed E-state index contributed by atoms with van der Waals surface area (Å²) in [5.41, 5.74) is 5.45. The van der Waals surface area contributed by atoms with Gasteiger partial charge in [0.15, 0.2) is 0 Å². The molecule has 0 radical (unpaired) electrons. The lowest BCUT2D eigenvalue weighted by Crippen LogP contribution is -2.31. The molecule has 1 aromatic carbocycles. The highest BCUT2D eigenvalue weighted by Crippen LogP contribution is 2.28. The summed E-state index contributed by atoms with van der Waals surface area (Å²) in [4.78, 5) is 30.5.